The second-order valence-electron chi connectivity index (χ2n) is 4.42. The van der Waals surface area contributed by atoms with Crippen LogP contribution >= 0.6 is 11.6 Å². The number of nitrogens with zero attached hydrogens (tertiary/aromatic N) is 2. The fourth-order valence-electron chi connectivity index (χ4n) is 1.96. The molecule has 1 aromatic heterocycles. The fraction of sp³-hybridized carbons (Fsp3) is 0.455. The maximum atomic E-state index is 12.2. The van der Waals surface area contributed by atoms with Crippen molar-refractivity contribution in [2.45, 2.75) is 23.8 Å². The SMILES string of the molecule is CN1CC(NS(=O)(=O)c2cccnc2Cl)CCC1=O. The highest BCUT2D eigenvalue weighted by atomic mass is 35.5. The maximum absolute atomic E-state index is 12.2. The minimum Gasteiger partial charge on any atom is -0.344 e. The Labute approximate surface area is 116 Å². The van der Waals surface area contributed by atoms with Crippen molar-refractivity contribution in [3.05, 3.63) is 23.5 Å². The summed E-state index contributed by atoms with van der Waals surface area (Å²) in [6.45, 7) is 0.357. The topological polar surface area (TPSA) is 79.4 Å². The van der Waals surface area contributed by atoms with E-state index in [2.05, 4.69) is 9.71 Å². The Morgan fingerprint density at radius 1 is 1.53 bits per heavy atom. The van der Waals surface area contributed by atoms with E-state index in [4.69, 9.17) is 11.6 Å². The highest BCUT2D eigenvalue weighted by molar-refractivity contribution is 7.89. The summed E-state index contributed by atoms with van der Waals surface area (Å²) in [6.07, 6.45) is 2.25. The van der Waals surface area contributed by atoms with E-state index in [-0.39, 0.29) is 22.0 Å². The second-order valence-corrected chi connectivity index (χ2v) is 6.46. The number of likely N-dealkylation sites (N-methyl/N-ethyl adjacent to an activating group) is 1. The van der Waals surface area contributed by atoms with Crippen LogP contribution in [-0.2, 0) is 14.8 Å². The minimum atomic E-state index is -3.71. The summed E-state index contributed by atoms with van der Waals surface area (Å²) < 4.78 is 26.9. The summed E-state index contributed by atoms with van der Waals surface area (Å²) in [7, 11) is -2.06. The predicted octanol–water partition coefficient (Wildman–Crippen LogP) is 0.634. The molecule has 19 heavy (non-hydrogen) atoms. The Hall–Kier alpha value is -1.18. The summed E-state index contributed by atoms with van der Waals surface area (Å²) >= 11 is 5.78. The van der Waals surface area contributed by atoms with Gasteiger partial charge in [-0.3, -0.25) is 4.79 Å². The fourth-order valence-corrected chi connectivity index (χ4v) is 3.68. The zero-order valence-electron chi connectivity index (χ0n) is 10.3. The van der Waals surface area contributed by atoms with Crippen molar-refractivity contribution in [2.75, 3.05) is 13.6 Å². The van der Waals surface area contributed by atoms with E-state index in [9.17, 15) is 13.2 Å². The van der Waals surface area contributed by atoms with Gasteiger partial charge in [0.25, 0.3) is 0 Å². The number of pyridine rings is 1. The van der Waals surface area contributed by atoms with Gasteiger partial charge in [0.2, 0.25) is 15.9 Å². The summed E-state index contributed by atoms with van der Waals surface area (Å²) in [5, 5.41) is -0.0600. The molecule has 0 bridgehead atoms. The summed E-state index contributed by atoms with van der Waals surface area (Å²) in [5.74, 6) is 0.0230. The lowest BCUT2D eigenvalue weighted by Gasteiger charge is -2.29. The number of carbonyl (C=O) groups excluding carboxylic acids is 1. The lowest BCUT2D eigenvalue weighted by molar-refractivity contribution is -0.132. The molecule has 0 spiro atoms. The number of rotatable bonds is 3. The third-order valence-electron chi connectivity index (χ3n) is 2.96. The van der Waals surface area contributed by atoms with Crippen LogP contribution in [0.15, 0.2) is 23.2 Å². The standard InChI is InChI=1S/C11H14ClN3O3S/c1-15-7-8(4-5-10(15)16)14-19(17,18)9-3-2-6-13-11(9)12/h2-3,6,8,14H,4-5,7H2,1H3. The van der Waals surface area contributed by atoms with Crippen molar-refractivity contribution in [1.29, 1.82) is 0 Å². The van der Waals surface area contributed by atoms with Crippen molar-refractivity contribution in [3.63, 3.8) is 0 Å². The van der Waals surface area contributed by atoms with Crippen LogP contribution < -0.4 is 4.72 Å². The molecule has 104 valence electrons. The molecule has 1 aliphatic heterocycles. The van der Waals surface area contributed by atoms with Gasteiger partial charge in [0.15, 0.2) is 0 Å². The normalized spacial score (nSPS) is 20.6. The molecule has 0 aromatic carbocycles. The molecule has 1 aliphatic rings. The first-order chi connectivity index (χ1) is 8.90. The lowest BCUT2D eigenvalue weighted by Crippen LogP contribution is -2.48. The summed E-state index contributed by atoms with van der Waals surface area (Å²) in [6, 6.07) is 2.61. The first kappa shape index (κ1) is 14.2. The van der Waals surface area contributed by atoms with Crippen LogP contribution in [0.25, 0.3) is 0 Å². The molecule has 0 aliphatic carbocycles. The van der Waals surface area contributed by atoms with Crippen molar-refractivity contribution >= 4 is 27.5 Å². The highest BCUT2D eigenvalue weighted by Gasteiger charge is 2.28. The van der Waals surface area contributed by atoms with Gasteiger partial charge in [0.05, 0.1) is 0 Å². The number of amides is 1. The molecule has 1 atom stereocenters. The Morgan fingerprint density at radius 3 is 2.89 bits per heavy atom. The molecule has 0 saturated carbocycles. The molecule has 1 fully saturated rings. The van der Waals surface area contributed by atoms with Gasteiger partial charge in [-0.05, 0) is 18.6 Å². The van der Waals surface area contributed by atoms with E-state index >= 15 is 0 Å². The van der Waals surface area contributed by atoms with E-state index in [1.54, 1.807) is 7.05 Å². The van der Waals surface area contributed by atoms with Gasteiger partial charge in [-0.2, -0.15) is 0 Å². The number of likely N-dealkylation sites (tertiary alicyclic amines) is 1. The van der Waals surface area contributed by atoms with Gasteiger partial charge in [-0.1, -0.05) is 11.6 Å². The van der Waals surface area contributed by atoms with E-state index in [0.29, 0.717) is 19.4 Å². The number of sulfonamides is 1. The average molecular weight is 304 g/mol. The van der Waals surface area contributed by atoms with Crippen LogP contribution in [-0.4, -0.2) is 43.8 Å². The van der Waals surface area contributed by atoms with Crippen LogP contribution in [0.5, 0.6) is 0 Å². The van der Waals surface area contributed by atoms with Gasteiger partial charge in [-0.25, -0.2) is 18.1 Å². The molecule has 8 heteroatoms. The molecule has 1 unspecified atom stereocenters. The Kier molecular flexibility index (Phi) is 4.07. The smallest absolute Gasteiger partial charge is 0.243 e. The zero-order valence-corrected chi connectivity index (χ0v) is 11.9. The average Bonchev–Trinajstić information content (AvgIpc) is 2.34. The number of aromatic nitrogens is 1. The second kappa shape index (κ2) is 5.44. The highest BCUT2D eigenvalue weighted by Crippen LogP contribution is 2.19. The number of piperidine rings is 1. The number of halogens is 1. The molecule has 1 saturated heterocycles. The largest absolute Gasteiger partial charge is 0.344 e. The van der Waals surface area contributed by atoms with Crippen LogP contribution in [0, 0.1) is 0 Å². The number of hydrogen-bond donors (Lipinski definition) is 1. The van der Waals surface area contributed by atoms with Crippen LogP contribution in [0.4, 0.5) is 0 Å². The van der Waals surface area contributed by atoms with E-state index in [1.807, 2.05) is 0 Å². The number of nitrogens with one attached hydrogen (secondary N) is 1. The van der Waals surface area contributed by atoms with Gasteiger partial charge in [0.1, 0.15) is 10.0 Å². The van der Waals surface area contributed by atoms with Crippen molar-refractivity contribution in [2.24, 2.45) is 0 Å². The lowest BCUT2D eigenvalue weighted by atomic mass is 10.1. The third kappa shape index (κ3) is 3.23. The van der Waals surface area contributed by atoms with Gasteiger partial charge in [-0.15, -0.1) is 0 Å². The van der Waals surface area contributed by atoms with Crippen LogP contribution in [0.1, 0.15) is 12.8 Å². The van der Waals surface area contributed by atoms with Gasteiger partial charge < -0.3 is 4.90 Å². The first-order valence-corrected chi connectivity index (χ1v) is 7.63. The molecule has 0 radical (unpaired) electrons. The molecule has 6 nitrogen and oxygen atoms in total. The molecule has 1 aromatic rings. The van der Waals surface area contributed by atoms with Crippen molar-refractivity contribution < 1.29 is 13.2 Å². The van der Waals surface area contributed by atoms with Crippen LogP contribution in [0.2, 0.25) is 5.15 Å². The molecule has 1 N–H and O–H groups in total. The molecular formula is C11H14ClN3O3S. The Bertz CT molecular complexity index is 591. The Balaban J connectivity index is 2.15. The molecular weight excluding hydrogens is 290 g/mol. The first-order valence-electron chi connectivity index (χ1n) is 5.77. The van der Waals surface area contributed by atoms with Crippen LogP contribution in [0.3, 0.4) is 0 Å². The predicted molar refractivity (Wildman–Crippen MR) is 70.2 cm³/mol. The Morgan fingerprint density at radius 2 is 2.26 bits per heavy atom. The zero-order chi connectivity index (χ0) is 14.0. The number of carbonyl (C=O) groups is 1. The third-order valence-corrected chi connectivity index (χ3v) is 4.93. The monoisotopic (exact) mass is 303 g/mol. The minimum absolute atomic E-state index is 0.0230. The summed E-state index contributed by atoms with van der Waals surface area (Å²) in [5.41, 5.74) is 0. The van der Waals surface area contributed by atoms with Gasteiger partial charge in [0, 0.05) is 32.3 Å². The van der Waals surface area contributed by atoms with Gasteiger partial charge >= 0.3 is 0 Å². The molecule has 2 heterocycles. The van der Waals surface area contributed by atoms with E-state index < -0.39 is 10.0 Å². The van der Waals surface area contributed by atoms with Crippen molar-refractivity contribution in [3.8, 4) is 0 Å². The van der Waals surface area contributed by atoms with Crippen molar-refractivity contribution in [1.82, 2.24) is 14.6 Å². The van der Waals surface area contributed by atoms with E-state index in [1.165, 1.54) is 23.2 Å². The molecule has 2 rings (SSSR count). The van der Waals surface area contributed by atoms with E-state index in [0.717, 1.165) is 0 Å². The molecule has 1 amide bonds. The summed E-state index contributed by atoms with van der Waals surface area (Å²) in [4.78, 5) is 16.6. The quantitative estimate of drug-likeness (QED) is 0.831. The number of hydrogen-bond acceptors (Lipinski definition) is 4. The maximum Gasteiger partial charge on any atom is 0.243 e.